The van der Waals surface area contributed by atoms with Gasteiger partial charge in [-0.15, -0.1) is 0 Å². The molecule has 0 aromatic carbocycles. The van der Waals surface area contributed by atoms with Crippen LogP contribution in [-0.4, -0.2) is 47.4 Å². The molecule has 0 rings (SSSR count). The Morgan fingerprint density at radius 2 is 0.940 bits per heavy atom. The van der Waals surface area contributed by atoms with Gasteiger partial charge in [0.1, 0.15) is 0 Å². The molecular formula is C44H83NO5. The fourth-order valence-electron chi connectivity index (χ4n) is 6.33. The standard InChI is InChI=1S/C44H83NO5/c1-3-5-7-9-11-13-15-16-18-22-26-30-34-38-44(49)50-39-35-31-27-23-19-21-25-29-33-37-43(48)45-41(40-46)42(47)36-32-28-24-20-17-14-12-10-8-6-4-2/h13,15,32,36,41-42,46-47H,3-12,14,16-31,33-35,37-40H2,1-2H3,(H,45,48)/b15-13-,36-32+. The minimum Gasteiger partial charge on any atom is -0.466 e. The molecule has 294 valence electrons. The number of ether oxygens (including phenoxy) is 1. The van der Waals surface area contributed by atoms with Crippen LogP contribution >= 0.6 is 0 Å². The zero-order valence-corrected chi connectivity index (χ0v) is 33.1. The van der Waals surface area contributed by atoms with E-state index in [1.54, 1.807) is 6.08 Å². The highest BCUT2D eigenvalue weighted by Gasteiger charge is 2.18. The smallest absolute Gasteiger partial charge is 0.305 e. The summed E-state index contributed by atoms with van der Waals surface area (Å²) >= 11 is 0. The van der Waals surface area contributed by atoms with Crippen LogP contribution in [0.3, 0.4) is 0 Å². The highest BCUT2D eigenvalue weighted by molar-refractivity contribution is 5.76. The highest BCUT2D eigenvalue weighted by atomic mass is 16.5. The Kier molecular flexibility index (Phi) is 38.8. The molecule has 0 aliphatic carbocycles. The first kappa shape index (κ1) is 48.3. The molecule has 0 saturated carbocycles. The summed E-state index contributed by atoms with van der Waals surface area (Å²) in [5.74, 6) is -0.137. The lowest BCUT2D eigenvalue weighted by Gasteiger charge is -2.20. The van der Waals surface area contributed by atoms with Crippen molar-refractivity contribution in [1.29, 1.82) is 0 Å². The molecule has 0 aliphatic rings. The molecule has 2 atom stereocenters. The quantitative estimate of drug-likeness (QED) is 0.0336. The van der Waals surface area contributed by atoms with Crippen molar-refractivity contribution in [2.24, 2.45) is 0 Å². The summed E-state index contributed by atoms with van der Waals surface area (Å²) in [7, 11) is 0. The van der Waals surface area contributed by atoms with Crippen molar-refractivity contribution in [3.63, 3.8) is 0 Å². The Morgan fingerprint density at radius 1 is 0.540 bits per heavy atom. The maximum atomic E-state index is 12.3. The Morgan fingerprint density at radius 3 is 1.44 bits per heavy atom. The Labute approximate surface area is 310 Å². The normalized spacial score (nSPS) is 13.0. The average Bonchev–Trinajstić information content (AvgIpc) is 3.11. The lowest BCUT2D eigenvalue weighted by Crippen LogP contribution is -2.45. The van der Waals surface area contributed by atoms with Gasteiger partial charge in [0.2, 0.25) is 5.91 Å². The molecule has 0 heterocycles. The van der Waals surface area contributed by atoms with Crippen molar-refractivity contribution < 1.29 is 24.5 Å². The van der Waals surface area contributed by atoms with E-state index in [0.717, 1.165) is 57.8 Å². The number of unbranched alkanes of at least 4 members (excludes halogenated alkanes) is 26. The summed E-state index contributed by atoms with van der Waals surface area (Å²) in [6.45, 7) is 4.79. The topological polar surface area (TPSA) is 95.9 Å². The van der Waals surface area contributed by atoms with Gasteiger partial charge in [-0.1, -0.05) is 173 Å². The molecule has 3 N–H and O–H groups in total. The molecule has 2 unspecified atom stereocenters. The van der Waals surface area contributed by atoms with Crippen LogP contribution in [0, 0.1) is 0 Å². The monoisotopic (exact) mass is 706 g/mol. The van der Waals surface area contributed by atoms with Crippen LogP contribution < -0.4 is 5.32 Å². The molecule has 50 heavy (non-hydrogen) atoms. The molecule has 0 fully saturated rings. The van der Waals surface area contributed by atoms with Crippen molar-refractivity contribution in [3.8, 4) is 0 Å². The minimum atomic E-state index is -0.859. The number of aliphatic hydroxyl groups excluding tert-OH is 2. The molecule has 0 bridgehead atoms. The molecule has 6 nitrogen and oxygen atoms in total. The van der Waals surface area contributed by atoms with Gasteiger partial charge in [0, 0.05) is 12.8 Å². The molecule has 0 aromatic heterocycles. The van der Waals surface area contributed by atoms with Gasteiger partial charge in [-0.25, -0.2) is 0 Å². The fraction of sp³-hybridized carbons (Fsp3) is 0.864. The van der Waals surface area contributed by atoms with Gasteiger partial charge in [0.15, 0.2) is 0 Å². The molecule has 0 aliphatic heterocycles. The van der Waals surface area contributed by atoms with E-state index < -0.39 is 12.1 Å². The first-order valence-corrected chi connectivity index (χ1v) is 21.6. The van der Waals surface area contributed by atoms with Crippen molar-refractivity contribution in [1.82, 2.24) is 5.32 Å². The third-order valence-corrected chi connectivity index (χ3v) is 9.72. The summed E-state index contributed by atoms with van der Waals surface area (Å²) < 4.78 is 5.42. The zero-order chi connectivity index (χ0) is 36.6. The number of carbonyl (C=O) groups is 2. The van der Waals surface area contributed by atoms with Gasteiger partial charge in [0.05, 0.1) is 25.4 Å². The van der Waals surface area contributed by atoms with E-state index in [1.807, 2.05) is 6.08 Å². The van der Waals surface area contributed by atoms with E-state index in [2.05, 4.69) is 31.3 Å². The number of hydrogen-bond acceptors (Lipinski definition) is 5. The number of carbonyl (C=O) groups excluding carboxylic acids is 2. The second-order valence-corrected chi connectivity index (χ2v) is 14.7. The maximum Gasteiger partial charge on any atom is 0.305 e. The SMILES string of the molecule is CCCCCC/C=C\CCCCCCCC(=O)OCCCCCCCCCCCC(=O)NC(CO)C(O)/C=C/CCCCCCCCCCC. The first-order valence-electron chi connectivity index (χ1n) is 21.6. The fourth-order valence-corrected chi connectivity index (χ4v) is 6.33. The van der Waals surface area contributed by atoms with Crippen LogP contribution in [0.5, 0.6) is 0 Å². The average molecular weight is 706 g/mol. The highest BCUT2D eigenvalue weighted by Crippen LogP contribution is 2.14. The lowest BCUT2D eigenvalue weighted by molar-refractivity contribution is -0.143. The molecule has 0 aromatic rings. The van der Waals surface area contributed by atoms with Crippen molar-refractivity contribution in [3.05, 3.63) is 24.3 Å². The van der Waals surface area contributed by atoms with Crippen molar-refractivity contribution in [2.45, 2.75) is 231 Å². The van der Waals surface area contributed by atoms with Crippen LogP contribution in [0.1, 0.15) is 219 Å². The van der Waals surface area contributed by atoms with Crippen LogP contribution in [0.2, 0.25) is 0 Å². The van der Waals surface area contributed by atoms with E-state index in [4.69, 9.17) is 4.74 Å². The predicted molar refractivity (Wildman–Crippen MR) is 213 cm³/mol. The van der Waals surface area contributed by atoms with Crippen molar-refractivity contribution >= 4 is 11.9 Å². The third kappa shape index (κ3) is 36.1. The molecule has 1 amide bonds. The lowest BCUT2D eigenvalue weighted by atomic mass is 10.1. The number of rotatable bonds is 39. The first-order chi connectivity index (χ1) is 24.5. The van der Waals surface area contributed by atoms with E-state index in [1.165, 1.54) is 135 Å². The van der Waals surface area contributed by atoms with Crippen LogP contribution in [0.25, 0.3) is 0 Å². The summed E-state index contributed by atoms with van der Waals surface area (Å²) in [6.07, 6.45) is 44.4. The van der Waals surface area contributed by atoms with Crippen LogP contribution in [0.4, 0.5) is 0 Å². The van der Waals surface area contributed by atoms with Crippen molar-refractivity contribution in [2.75, 3.05) is 13.2 Å². The Balaban J connectivity index is 3.55. The molecule has 0 radical (unpaired) electrons. The maximum absolute atomic E-state index is 12.3. The van der Waals surface area contributed by atoms with Gasteiger partial charge in [-0.3, -0.25) is 9.59 Å². The van der Waals surface area contributed by atoms with E-state index in [9.17, 15) is 19.8 Å². The van der Waals surface area contributed by atoms with Gasteiger partial charge >= 0.3 is 5.97 Å². The van der Waals surface area contributed by atoms with E-state index in [-0.39, 0.29) is 18.5 Å². The number of amides is 1. The van der Waals surface area contributed by atoms with Gasteiger partial charge in [-0.05, 0) is 57.8 Å². The van der Waals surface area contributed by atoms with Crippen LogP contribution in [0.15, 0.2) is 24.3 Å². The largest absolute Gasteiger partial charge is 0.466 e. The summed E-state index contributed by atoms with van der Waals surface area (Å²) in [5, 5.41) is 22.9. The predicted octanol–water partition coefficient (Wildman–Crippen LogP) is 12.0. The van der Waals surface area contributed by atoms with E-state index >= 15 is 0 Å². The van der Waals surface area contributed by atoms with Crippen LogP contribution in [-0.2, 0) is 14.3 Å². The minimum absolute atomic E-state index is 0.0378. The van der Waals surface area contributed by atoms with E-state index in [0.29, 0.717) is 19.4 Å². The second-order valence-electron chi connectivity index (χ2n) is 14.7. The summed E-state index contributed by atoms with van der Waals surface area (Å²) in [6, 6.07) is -0.646. The summed E-state index contributed by atoms with van der Waals surface area (Å²) in [4.78, 5) is 24.3. The number of hydrogen-bond donors (Lipinski definition) is 3. The van der Waals surface area contributed by atoms with Gasteiger partial charge in [0.25, 0.3) is 0 Å². The second kappa shape index (κ2) is 40.1. The summed E-state index contributed by atoms with van der Waals surface area (Å²) in [5.41, 5.74) is 0. The Hall–Kier alpha value is -1.66. The molecular weight excluding hydrogens is 622 g/mol. The van der Waals surface area contributed by atoms with Gasteiger partial charge in [-0.2, -0.15) is 0 Å². The number of esters is 1. The molecule has 6 heteroatoms. The Bertz CT molecular complexity index is 782. The molecule has 0 spiro atoms. The zero-order valence-electron chi connectivity index (χ0n) is 33.1. The number of aliphatic hydroxyl groups is 2. The number of nitrogens with one attached hydrogen (secondary N) is 1. The molecule has 0 saturated heterocycles. The van der Waals surface area contributed by atoms with Gasteiger partial charge < -0.3 is 20.3 Å². The number of allylic oxidation sites excluding steroid dienone is 3. The third-order valence-electron chi connectivity index (χ3n) is 9.72.